The molecule has 0 amide bonds. The van der Waals surface area contributed by atoms with Crippen molar-refractivity contribution < 1.29 is 5.11 Å². The van der Waals surface area contributed by atoms with E-state index < -0.39 is 0 Å². The Hall–Kier alpha value is -1.55. The van der Waals surface area contributed by atoms with Gasteiger partial charge in [-0.15, -0.1) is 0 Å². The maximum atomic E-state index is 9.15. The predicted molar refractivity (Wildman–Crippen MR) is 67.4 cm³/mol. The molecule has 0 atom stereocenters. The van der Waals surface area contributed by atoms with Crippen LogP contribution in [-0.4, -0.2) is 10.1 Å². The van der Waals surface area contributed by atoms with Crippen molar-refractivity contribution in [2.24, 2.45) is 0 Å². The third-order valence-corrected chi connectivity index (χ3v) is 2.81. The molecule has 16 heavy (non-hydrogen) atoms. The van der Waals surface area contributed by atoms with Gasteiger partial charge in [-0.1, -0.05) is 12.1 Å². The molecule has 0 spiro atoms. The number of nitrogens with one attached hydrogen (secondary N) is 1. The number of hydrogen-bond acceptors (Lipinski definition) is 3. The molecule has 0 saturated heterocycles. The van der Waals surface area contributed by atoms with Gasteiger partial charge in [0.1, 0.15) is 10.4 Å². The highest BCUT2D eigenvalue weighted by atomic mass is 79.9. The summed E-state index contributed by atoms with van der Waals surface area (Å²) in [5.74, 6) is 0.284. The van der Waals surface area contributed by atoms with Crippen LogP contribution in [0.5, 0.6) is 5.75 Å². The fourth-order valence-corrected chi connectivity index (χ4v) is 1.72. The van der Waals surface area contributed by atoms with E-state index in [1.54, 1.807) is 18.3 Å². The average Bonchev–Trinajstić information content (AvgIpc) is 2.30. The number of phenols is 1. The zero-order valence-electron chi connectivity index (χ0n) is 8.52. The van der Waals surface area contributed by atoms with Gasteiger partial charge in [0.2, 0.25) is 0 Å². The van der Waals surface area contributed by atoms with Gasteiger partial charge in [-0.3, -0.25) is 0 Å². The van der Waals surface area contributed by atoms with Crippen molar-refractivity contribution in [2.75, 3.05) is 5.32 Å². The molecule has 2 aromatic rings. The van der Waals surface area contributed by atoms with E-state index >= 15 is 0 Å². The predicted octanol–water partition coefficient (Wildman–Crippen LogP) is 3.16. The van der Waals surface area contributed by atoms with Gasteiger partial charge in [-0.25, -0.2) is 4.98 Å². The highest BCUT2D eigenvalue weighted by Gasteiger charge is 1.99. The lowest BCUT2D eigenvalue weighted by Gasteiger charge is -2.07. The lowest BCUT2D eigenvalue weighted by atomic mass is 10.2. The number of halogens is 1. The van der Waals surface area contributed by atoms with Crippen LogP contribution in [0.3, 0.4) is 0 Å². The highest BCUT2D eigenvalue weighted by molar-refractivity contribution is 9.10. The molecule has 1 aromatic heterocycles. The summed E-state index contributed by atoms with van der Waals surface area (Å²) in [5.41, 5.74) is 2.06. The molecule has 0 unspecified atom stereocenters. The van der Waals surface area contributed by atoms with E-state index in [1.807, 2.05) is 24.3 Å². The fourth-order valence-electron chi connectivity index (χ4n) is 1.33. The van der Waals surface area contributed by atoms with Crippen LogP contribution < -0.4 is 5.32 Å². The van der Waals surface area contributed by atoms with Gasteiger partial charge in [-0.2, -0.15) is 0 Å². The van der Waals surface area contributed by atoms with Crippen LogP contribution in [0.15, 0.2) is 47.2 Å². The van der Waals surface area contributed by atoms with Crippen LogP contribution in [0.25, 0.3) is 0 Å². The highest BCUT2D eigenvalue weighted by Crippen LogP contribution is 2.19. The Labute approximate surface area is 102 Å². The smallest absolute Gasteiger partial charge is 0.129 e. The summed E-state index contributed by atoms with van der Waals surface area (Å²) >= 11 is 3.37. The Kier molecular flexibility index (Phi) is 3.41. The van der Waals surface area contributed by atoms with E-state index in [-0.39, 0.29) is 5.75 Å². The summed E-state index contributed by atoms with van der Waals surface area (Å²) in [7, 11) is 0. The summed E-state index contributed by atoms with van der Waals surface area (Å²) in [4.78, 5) is 4.12. The molecule has 0 aliphatic heterocycles. The number of hydrogen-bond donors (Lipinski definition) is 2. The van der Waals surface area contributed by atoms with Crippen molar-refractivity contribution in [2.45, 2.75) is 6.54 Å². The number of phenolic OH excluding ortho intramolecular Hbond substituents is 1. The van der Waals surface area contributed by atoms with Crippen LogP contribution >= 0.6 is 15.9 Å². The number of anilines is 1. The van der Waals surface area contributed by atoms with Crippen molar-refractivity contribution in [1.82, 2.24) is 4.98 Å². The standard InChI is InChI=1S/C12H11BrN2O/c13-12-11(2-1-7-14-12)15-8-9-3-5-10(16)6-4-9/h1-7,15-16H,8H2. The number of rotatable bonds is 3. The van der Waals surface area contributed by atoms with Crippen LogP contribution in [0, 0.1) is 0 Å². The average molecular weight is 279 g/mol. The van der Waals surface area contributed by atoms with Crippen molar-refractivity contribution in [3.8, 4) is 5.75 Å². The summed E-state index contributed by atoms with van der Waals surface area (Å²) < 4.78 is 0.800. The van der Waals surface area contributed by atoms with Crippen LogP contribution in [-0.2, 0) is 6.54 Å². The third kappa shape index (κ3) is 2.73. The summed E-state index contributed by atoms with van der Waals surface area (Å²) in [6.07, 6.45) is 1.73. The molecular weight excluding hydrogens is 268 g/mol. The topological polar surface area (TPSA) is 45.1 Å². The van der Waals surface area contributed by atoms with Gasteiger partial charge >= 0.3 is 0 Å². The van der Waals surface area contributed by atoms with E-state index in [1.165, 1.54) is 0 Å². The fraction of sp³-hybridized carbons (Fsp3) is 0.0833. The number of pyridine rings is 1. The van der Waals surface area contributed by atoms with Crippen LogP contribution in [0.2, 0.25) is 0 Å². The van der Waals surface area contributed by atoms with E-state index in [2.05, 4.69) is 26.2 Å². The Morgan fingerprint density at radius 2 is 1.94 bits per heavy atom. The molecule has 0 fully saturated rings. The van der Waals surface area contributed by atoms with Gasteiger partial charge in [0.15, 0.2) is 0 Å². The van der Waals surface area contributed by atoms with Crippen LogP contribution in [0.1, 0.15) is 5.56 Å². The second kappa shape index (κ2) is 4.99. The number of aromatic nitrogens is 1. The van der Waals surface area contributed by atoms with Gasteiger partial charge in [0.25, 0.3) is 0 Å². The molecule has 82 valence electrons. The minimum atomic E-state index is 0.284. The zero-order valence-corrected chi connectivity index (χ0v) is 10.1. The molecule has 0 radical (unpaired) electrons. The first-order valence-electron chi connectivity index (χ1n) is 4.88. The molecule has 2 N–H and O–H groups in total. The first kappa shape index (κ1) is 11.0. The maximum absolute atomic E-state index is 9.15. The molecule has 0 aliphatic rings. The lowest BCUT2D eigenvalue weighted by molar-refractivity contribution is 0.475. The van der Waals surface area contributed by atoms with Gasteiger partial charge in [-0.05, 0) is 45.8 Å². The van der Waals surface area contributed by atoms with Gasteiger partial charge in [0, 0.05) is 12.7 Å². The van der Waals surface area contributed by atoms with E-state index in [0.29, 0.717) is 6.54 Å². The minimum absolute atomic E-state index is 0.284. The minimum Gasteiger partial charge on any atom is -0.508 e. The first-order chi connectivity index (χ1) is 7.75. The summed E-state index contributed by atoms with van der Waals surface area (Å²) in [6.45, 7) is 0.699. The molecule has 3 nitrogen and oxygen atoms in total. The Bertz CT molecular complexity index is 471. The van der Waals surface area contributed by atoms with Crippen LogP contribution in [0.4, 0.5) is 5.69 Å². The SMILES string of the molecule is Oc1ccc(CNc2cccnc2Br)cc1. The molecular formula is C12H11BrN2O. The quantitative estimate of drug-likeness (QED) is 0.848. The third-order valence-electron chi connectivity index (χ3n) is 2.18. The van der Waals surface area contributed by atoms with Crippen molar-refractivity contribution in [3.05, 3.63) is 52.8 Å². The van der Waals surface area contributed by atoms with E-state index in [9.17, 15) is 0 Å². The normalized spacial score (nSPS) is 10.1. The number of benzene rings is 1. The number of nitrogens with zero attached hydrogens (tertiary/aromatic N) is 1. The second-order valence-electron chi connectivity index (χ2n) is 3.36. The van der Waals surface area contributed by atoms with Crippen molar-refractivity contribution >= 4 is 21.6 Å². The maximum Gasteiger partial charge on any atom is 0.129 e. The monoisotopic (exact) mass is 278 g/mol. The molecule has 0 bridgehead atoms. The molecule has 0 aliphatic carbocycles. The summed E-state index contributed by atoms with van der Waals surface area (Å²) in [5, 5.41) is 12.4. The van der Waals surface area contributed by atoms with E-state index in [4.69, 9.17) is 5.11 Å². The first-order valence-corrected chi connectivity index (χ1v) is 5.67. The van der Waals surface area contributed by atoms with Crippen molar-refractivity contribution in [3.63, 3.8) is 0 Å². The Morgan fingerprint density at radius 3 is 2.62 bits per heavy atom. The number of aromatic hydroxyl groups is 1. The molecule has 4 heteroatoms. The molecule has 1 aromatic carbocycles. The van der Waals surface area contributed by atoms with Gasteiger partial charge in [0.05, 0.1) is 5.69 Å². The van der Waals surface area contributed by atoms with E-state index in [0.717, 1.165) is 15.9 Å². The lowest BCUT2D eigenvalue weighted by Crippen LogP contribution is -2.00. The zero-order chi connectivity index (χ0) is 11.4. The van der Waals surface area contributed by atoms with Crippen molar-refractivity contribution in [1.29, 1.82) is 0 Å². The Balaban J connectivity index is 2.02. The Morgan fingerprint density at radius 1 is 1.19 bits per heavy atom. The largest absolute Gasteiger partial charge is 0.508 e. The second-order valence-corrected chi connectivity index (χ2v) is 4.11. The molecule has 2 rings (SSSR count). The molecule has 0 saturated carbocycles. The summed E-state index contributed by atoms with van der Waals surface area (Å²) in [6, 6.07) is 10.9. The van der Waals surface area contributed by atoms with Gasteiger partial charge < -0.3 is 10.4 Å². The molecule has 1 heterocycles.